The Labute approximate surface area is 120 Å². The third-order valence-electron chi connectivity index (χ3n) is 3.35. The molecule has 1 aliphatic heterocycles. The fourth-order valence-corrected chi connectivity index (χ4v) is 3.50. The molecule has 5 nitrogen and oxygen atoms in total. The van der Waals surface area contributed by atoms with Crippen molar-refractivity contribution < 1.29 is 14.3 Å². The molecule has 2 heterocycles. The lowest BCUT2D eigenvalue weighted by Crippen LogP contribution is -2.33. The zero-order chi connectivity index (χ0) is 14.3. The van der Waals surface area contributed by atoms with Gasteiger partial charge in [-0.05, 0) is 18.2 Å². The number of benzene rings is 1. The van der Waals surface area contributed by atoms with Crippen LogP contribution in [-0.4, -0.2) is 32.0 Å². The van der Waals surface area contributed by atoms with Crippen molar-refractivity contribution in [1.29, 1.82) is 0 Å². The molecule has 1 aromatic carbocycles. The van der Waals surface area contributed by atoms with Gasteiger partial charge in [-0.1, -0.05) is 0 Å². The number of carbonyl (C=O) groups is 2. The van der Waals surface area contributed by atoms with Gasteiger partial charge in [-0.15, -0.1) is 11.3 Å². The number of nitrogens with zero attached hydrogens (tertiary/aromatic N) is 1. The quantitative estimate of drug-likeness (QED) is 0.874. The van der Waals surface area contributed by atoms with E-state index in [1.54, 1.807) is 12.0 Å². The van der Waals surface area contributed by atoms with E-state index in [1.165, 1.54) is 18.3 Å². The second kappa shape index (κ2) is 4.79. The summed E-state index contributed by atoms with van der Waals surface area (Å²) in [7, 11) is 1.60. The van der Waals surface area contributed by atoms with Crippen molar-refractivity contribution in [3.8, 4) is 5.75 Å². The van der Waals surface area contributed by atoms with Gasteiger partial charge in [0.05, 0.1) is 12.8 Å². The summed E-state index contributed by atoms with van der Waals surface area (Å²) in [6, 6.07) is 5.65. The first-order valence-corrected chi connectivity index (χ1v) is 7.10. The highest BCUT2D eigenvalue weighted by Gasteiger charge is 2.28. The number of rotatable bonds is 1. The standard InChI is InChI=1S/C14H14N2O3S/c1-8(17)16-6-5-15-14(18)13-12(16)10-7-9(19-2)3-4-11(10)20-13/h3-4,7H,5-6H2,1-2H3,(H,15,18). The maximum absolute atomic E-state index is 12.1. The molecule has 0 atom stereocenters. The Morgan fingerprint density at radius 2 is 2.25 bits per heavy atom. The Morgan fingerprint density at radius 3 is 2.95 bits per heavy atom. The third-order valence-corrected chi connectivity index (χ3v) is 4.50. The number of amides is 2. The number of anilines is 1. The van der Waals surface area contributed by atoms with Gasteiger partial charge in [-0.25, -0.2) is 0 Å². The molecule has 0 aliphatic carbocycles. The van der Waals surface area contributed by atoms with E-state index in [0.29, 0.717) is 29.4 Å². The first kappa shape index (κ1) is 12.9. The molecule has 6 heteroatoms. The normalized spacial score (nSPS) is 14.7. The van der Waals surface area contributed by atoms with Gasteiger partial charge in [0.15, 0.2) is 0 Å². The molecular weight excluding hydrogens is 276 g/mol. The summed E-state index contributed by atoms with van der Waals surface area (Å²) in [6.45, 7) is 2.46. The molecule has 104 valence electrons. The van der Waals surface area contributed by atoms with Crippen molar-refractivity contribution in [3.05, 3.63) is 23.1 Å². The minimum Gasteiger partial charge on any atom is -0.497 e. The van der Waals surface area contributed by atoms with Crippen LogP contribution in [-0.2, 0) is 4.79 Å². The van der Waals surface area contributed by atoms with Crippen molar-refractivity contribution in [3.63, 3.8) is 0 Å². The Morgan fingerprint density at radius 1 is 1.45 bits per heavy atom. The zero-order valence-corrected chi connectivity index (χ0v) is 12.0. The van der Waals surface area contributed by atoms with Crippen LogP contribution in [0, 0.1) is 0 Å². The zero-order valence-electron chi connectivity index (χ0n) is 11.2. The lowest BCUT2D eigenvalue weighted by atomic mass is 10.2. The van der Waals surface area contributed by atoms with Gasteiger partial charge < -0.3 is 15.0 Å². The Kier molecular flexibility index (Phi) is 3.10. The van der Waals surface area contributed by atoms with Crippen molar-refractivity contribution in [1.82, 2.24) is 5.32 Å². The molecule has 3 rings (SSSR count). The summed E-state index contributed by atoms with van der Waals surface area (Å²) >= 11 is 1.40. The second-order valence-corrected chi connectivity index (χ2v) is 5.62. The van der Waals surface area contributed by atoms with Crippen molar-refractivity contribution in [2.24, 2.45) is 0 Å². The number of thiophene rings is 1. The summed E-state index contributed by atoms with van der Waals surface area (Å²) in [5.74, 6) is 0.528. The Balaban J connectivity index is 2.30. The van der Waals surface area contributed by atoms with E-state index in [0.717, 1.165) is 10.1 Å². The van der Waals surface area contributed by atoms with Gasteiger partial charge in [-0.2, -0.15) is 0 Å². The molecule has 0 saturated carbocycles. The molecule has 1 aromatic heterocycles. The summed E-state index contributed by atoms with van der Waals surface area (Å²) in [6.07, 6.45) is 0. The predicted molar refractivity (Wildman–Crippen MR) is 78.7 cm³/mol. The monoisotopic (exact) mass is 290 g/mol. The van der Waals surface area contributed by atoms with Crippen molar-refractivity contribution >= 4 is 38.9 Å². The van der Waals surface area contributed by atoms with Crippen LogP contribution in [0.3, 0.4) is 0 Å². The van der Waals surface area contributed by atoms with Crippen LogP contribution < -0.4 is 15.0 Å². The molecule has 2 amide bonds. The van der Waals surface area contributed by atoms with Crippen LogP contribution >= 0.6 is 11.3 Å². The Bertz CT molecular complexity index is 708. The van der Waals surface area contributed by atoms with E-state index in [2.05, 4.69) is 5.32 Å². The maximum atomic E-state index is 12.1. The summed E-state index contributed by atoms with van der Waals surface area (Å²) in [5.41, 5.74) is 0.700. The molecule has 0 bridgehead atoms. The summed E-state index contributed by atoms with van der Waals surface area (Å²) in [4.78, 5) is 26.2. The number of carbonyl (C=O) groups excluding carboxylic acids is 2. The molecule has 0 fully saturated rings. The summed E-state index contributed by atoms with van der Waals surface area (Å²) < 4.78 is 6.21. The maximum Gasteiger partial charge on any atom is 0.263 e. The van der Waals surface area contributed by atoms with E-state index >= 15 is 0 Å². The van der Waals surface area contributed by atoms with Gasteiger partial charge in [0.1, 0.15) is 10.6 Å². The molecule has 0 unspecified atom stereocenters. The molecular formula is C14H14N2O3S. The van der Waals surface area contributed by atoms with E-state index in [4.69, 9.17) is 4.74 Å². The lowest BCUT2D eigenvalue weighted by molar-refractivity contribution is -0.116. The van der Waals surface area contributed by atoms with Crippen LogP contribution in [0.1, 0.15) is 16.6 Å². The smallest absolute Gasteiger partial charge is 0.263 e. The molecule has 2 aromatic rings. The lowest BCUT2D eigenvalue weighted by Gasteiger charge is -2.19. The number of hydrogen-bond acceptors (Lipinski definition) is 4. The van der Waals surface area contributed by atoms with Crippen LogP contribution in [0.2, 0.25) is 0 Å². The minimum atomic E-state index is -0.121. The average molecular weight is 290 g/mol. The molecule has 0 saturated heterocycles. The van der Waals surface area contributed by atoms with E-state index in [9.17, 15) is 9.59 Å². The van der Waals surface area contributed by atoms with E-state index in [1.807, 2.05) is 18.2 Å². The SMILES string of the molecule is COc1ccc2sc3c(c2c1)N(C(C)=O)CCNC3=O. The predicted octanol–water partition coefficient (Wildman–Crippen LogP) is 2.01. The van der Waals surface area contributed by atoms with Crippen molar-refractivity contribution in [2.75, 3.05) is 25.1 Å². The largest absolute Gasteiger partial charge is 0.497 e. The van der Waals surface area contributed by atoms with Crippen LogP contribution in [0.15, 0.2) is 18.2 Å². The number of fused-ring (bicyclic) bond motifs is 3. The topological polar surface area (TPSA) is 58.6 Å². The highest BCUT2D eigenvalue weighted by molar-refractivity contribution is 7.21. The van der Waals surface area contributed by atoms with Crippen molar-refractivity contribution in [2.45, 2.75) is 6.92 Å². The molecule has 1 aliphatic rings. The summed E-state index contributed by atoms with van der Waals surface area (Å²) in [5, 5.41) is 3.71. The minimum absolute atomic E-state index is 0.0646. The molecule has 20 heavy (non-hydrogen) atoms. The highest BCUT2D eigenvalue weighted by atomic mass is 32.1. The fraction of sp³-hybridized carbons (Fsp3) is 0.286. The van der Waals surface area contributed by atoms with E-state index < -0.39 is 0 Å². The van der Waals surface area contributed by atoms with Crippen LogP contribution in [0.4, 0.5) is 5.69 Å². The number of methoxy groups -OCH3 is 1. The van der Waals surface area contributed by atoms with E-state index in [-0.39, 0.29) is 11.8 Å². The molecule has 0 spiro atoms. The molecule has 0 radical (unpaired) electrons. The number of nitrogens with one attached hydrogen (secondary N) is 1. The number of hydrogen-bond donors (Lipinski definition) is 1. The first-order chi connectivity index (χ1) is 9.61. The van der Waals surface area contributed by atoms with Gasteiger partial charge in [0.2, 0.25) is 5.91 Å². The Hall–Kier alpha value is -2.08. The second-order valence-electron chi connectivity index (χ2n) is 4.57. The molecule has 1 N–H and O–H groups in total. The first-order valence-electron chi connectivity index (χ1n) is 6.28. The number of ether oxygens (including phenoxy) is 1. The average Bonchev–Trinajstić information content (AvgIpc) is 2.72. The fourth-order valence-electron chi connectivity index (χ4n) is 2.40. The third kappa shape index (κ3) is 1.92. The van der Waals surface area contributed by atoms with Gasteiger partial charge in [-0.3, -0.25) is 9.59 Å². The van der Waals surface area contributed by atoms with Crippen LogP contribution in [0.5, 0.6) is 5.75 Å². The van der Waals surface area contributed by atoms with Gasteiger partial charge in [0.25, 0.3) is 5.91 Å². The van der Waals surface area contributed by atoms with Gasteiger partial charge >= 0.3 is 0 Å². The highest BCUT2D eigenvalue weighted by Crippen LogP contribution is 2.40. The van der Waals surface area contributed by atoms with Gasteiger partial charge in [0, 0.05) is 30.1 Å². The van der Waals surface area contributed by atoms with Crippen LogP contribution in [0.25, 0.3) is 10.1 Å².